The van der Waals surface area contributed by atoms with Gasteiger partial charge in [-0.05, 0) is 18.9 Å². The number of aryl methyl sites for hydroxylation is 1. The molecule has 1 heterocycles. The molecular formula is C12H14N4O2S. The zero-order valence-electron chi connectivity index (χ0n) is 10.7. The monoisotopic (exact) mass is 278 g/mol. The fourth-order valence-corrected chi connectivity index (χ4v) is 2.40. The molecule has 100 valence electrons. The van der Waals surface area contributed by atoms with E-state index in [0.29, 0.717) is 0 Å². The lowest BCUT2D eigenvalue weighted by Crippen LogP contribution is -2.06. The van der Waals surface area contributed by atoms with E-state index in [9.17, 15) is 10.1 Å². The number of nitrogens with zero attached hydrogens (tertiary/aromatic N) is 3. The van der Waals surface area contributed by atoms with Gasteiger partial charge in [0.05, 0.1) is 11.0 Å². The highest BCUT2D eigenvalue weighted by molar-refractivity contribution is 7.15. The molecule has 0 aliphatic carbocycles. The highest BCUT2D eigenvalue weighted by atomic mass is 32.1. The minimum atomic E-state index is -0.393. The van der Waals surface area contributed by atoms with Crippen LogP contribution in [0.3, 0.4) is 0 Å². The number of rotatable bonds is 5. The maximum atomic E-state index is 10.7. The van der Waals surface area contributed by atoms with Gasteiger partial charge < -0.3 is 5.32 Å². The van der Waals surface area contributed by atoms with Crippen molar-refractivity contribution in [3.05, 3.63) is 45.0 Å². The van der Waals surface area contributed by atoms with Gasteiger partial charge >= 0.3 is 0 Å². The smallest absolute Gasteiger partial charge is 0.269 e. The minimum absolute atomic E-state index is 0.0578. The Hall–Kier alpha value is -2.02. The molecule has 1 N–H and O–H groups in total. The molecule has 0 saturated heterocycles. The molecule has 0 fully saturated rings. The van der Waals surface area contributed by atoms with Crippen molar-refractivity contribution in [2.24, 2.45) is 0 Å². The molecule has 6 nitrogen and oxygen atoms in total. The number of benzene rings is 1. The first kappa shape index (κ1) is 13.4. The summed E-state index contributed by atoms with van der Waals surface area (Å²) in [5, 5.41) is 23.7. The van der Waals surface area contributed by atoms with Crippen LogP contribution in [0.25, 0.3) is 0 Å². The van der Waals surface area contributed by atoms with E-state index in [-0.39, 0.29) is 11.7 Å². The van der Waals surface area contributed by atoms with Crippen molar-refractivity contribution in [3.63, 3.8) is 0 Å². The molecule has 0 spiro atoms. The van der Waals surface area contributed by atoms with E-state index < -0.39 is 4.92 Å². The molecule has 0 aliphatic rings. The Labute approximate surface area is 114 Å². The summed E-state index contributed by atoms with van der Waals surface area (Å²) in [5.41, 5.74) is 0.945. The van der Waals surface area contributed by atoms with Crippen molar-refractivity contribution in [2.75, 3.05) is 5.32 Å². The summed E-state index contributed by atoms with van der Waals surface area (Å²) in [6, 6.07) is 6.53. The second-order valence-corrected chi connectivity index (χ2v) is 5.13. The van der Waals surface area contributed by atoms with Crippen LogP contribution in [-0.4, -0.2) is 15.1 Å². The second kappa shape index (κ2) is 5.75. The summed E-state index contributed by atoms with van der Waals surface area (Å²) in [7, 11) is 0. The lowest BCUT2D eigenvalue weighted by Gasteiger charge is -2.12. The highest BCUT2D eigenvalue weighted by Gasteiger charge is 2.12. The Balaban J connectivity index is 2.12. The quantitative estimate of drug-likeness (QED) is 0.671. The molecule has 2 rings (SSSR count). The second-order valence-electron chi connectivity index (χ2n) is 4.07. The van der Waals surface area contributed by atoms with Crippen LogP contribution in [-0.2, 0) is 6.42 Å². The topological polar surface area (TPSA) is 81.0 Å². The maximum Gasteiger partial charge on any atom is 0.269 e. The van der Waals surface area contributed by atoms with Crippen molar-refractivity contribution in [1.82, 2.24) is 10.2 Å². The molecule has 1 aromatic heterocycles. The van der Waals surface area contributed by atoms with Gasteiger partial charge in [-0.15, -0.1) is 10.2 Å². The molecule has 19 heavy (non-hydrogen) atoms. The average molecular weight is 278 g/mol. The van der Waals surface area contributed by atoms with Gasteiger partial charge in [0.2, 0.25) is 5.13 Å². The van der Waals surface area contributed by atoms with Crippen LogP contribution in [0.2, 0.25) is 0 Å². The zero-order chi connectivity index (χ0) is 13.8. The minimum Gasteiger partial charge on any atom is -0.354 e. The van der Waals surface area contributed by atoms with Crippen LogP contribution in [0.15, 0.2) is 24.3 Å². The van der Waals surface area contributed by atoms with Crippen LogP contribution in [0, 0.1) is 10.1 Å². The largest absolute Gasteiger partial charge is 0.354 e. The summed E-state index contributed by atoms with van der Waals surface area (Å²) in [5.74, 6) is 0. The summed E-state index contributed by atoms with van der Waals surface area (Å²) in [4.78, 5) is 10.3. The van der Waals surface area contributed by atoms with Gasteiger partial charge in [-0.1, -0.05) is 30.4 Å². The van der Waals surface area contributed by atoms with Crippen molar-refractivity contribution in [2.45, 2.75) is 26.3 Å². The highest BCUT2D eigenvalue weighted by Crippen LogP contribution is 2.24. The summed E-state index contributed by atoms with van der Waals surface area (Å²) in [6.07, 6.45) is 0.852. The van der Waals surface area contributed by atoms with Crippen LogP contribution >= 0.6 is 11.3 Å². The van der Waals surface area contributed by atoms with E-state index >= 15 is 0 Å². The first-order valence-corrected chi connectivity index (χ1v) is 6.75. The van der Waals surface area contributed by atoms with E-state index in [0.717, 1.165) is 22.1 Å². The summed E-state index contributed by atoms with van der Waals surface area (Å²) < 4.78 is 0. The van der Waals surface area contributed by atoms with Crippen molar-refractivity contribution in [1.29, 1.82) is 0 Å². The molecule has 1 unspecified atom stereocenters. The van der Waals surface area contributed by atoms with E-state index in [2.05, 4.69) is 15.5 Å². The first-order chi connectivity index (χ1) is 9.10. The number of aromatic nitrogens is 2. The lowest BCUT2D eigenvalue weighted by atomic mass is 10.1. The third-order valence-corrected chi connectivity index (χ3v) is 3.69. The van der Waals surface area contributed by atoms with Gasteiger partial charge in [0.25, 0.3) is 5.69 Å². The van der Waals surface area contributed by atoms with Crippen molar-refractivity contribution < 1.29 is 4.92 Å². The van der Waals surface area contributed by atoms with Crippen molar-refractivity contribution in [3.8, 4) is 0 Å². The summed E-state index contributed by atoms with van der Waals surface area (Å²) in [6.45, 7) is 3.96. The average Bonchev–Trinajstić information content (AvgIpc) is 2.86. The Morgan fingerprint density at radius 1 is 1.47 bits per heavy atom. The number of nitro benzene ring substituents is 1. The number of nitro groups is 1. The third-order valence-electron chi connectivity index (χ3n) is 2.69. The molecule has 2 aromatic rings. The predicted molar refractivity (Wildman–Crippen MR) is 74.4 cm³/mol. The number of nitrogens with one attached hydrogen (secondary N) is 1. The SMILES string of the molecule is CCc1nnc(NC(C)c2cccc([N+](=O)[O-])c2)s1. The number of hydrogen-bond acceptors (Lipinski definition) is 6. The van der Waals surface area contributed by atoms with E-state index in [1.165, 1.54) is 17.4 Å². The maximum absolute atomic E-state index is 10.7. The van der Waals surface area contributed by atoms with Gasteiger partial charge in [-0.3, -0.25) is 10.1 Å². The van der Waals surface area contributed by atoms with Crippen molar-refractivity contribution >= 4 is 22.2 Å². The zero-order valence-corrected chi connectivity index (χ0v) is 11.5. The molecule has 0 aliphatic heterocycles. The molecule has 7 heteroatoms. The van der Waals surface area contributed by atoms with Gasteiger partial charge in [0.15, 0.2) is 0 Å². The van der Waals surface area contributed by atoms with E-state index in [1.807, 2.05) is 19.9 Å². The molecule has 0 saturated carbocycles. The Bertz CT molecular complexity index is 585. The number of anilines is 1. The van der Waals surface area contributed by atoms with Gasteiger partial charge in [0, 0.05) is 12.1 Å². The standard InChI is InChI=1S/C12H14N4O2S/c1-3-11-14-15-12(19-11)13-8(2)9-5-4-6-10(7-9)16(17)18/h4-8H,3H2,1-2H3,(H,13,15). The first-order valence-electron chi connectivity index (χ1n) is 5.93. The van der Waals surface area contributed by atoms with Gasteiger partial charge in [-0.2, -0.15) is 0 Å². The van der Waals surface area contributed by atoms with Gasteiger partial charge in [0.1, 0.15) is 5.01 Å². The normalized spacial score (nSPS) is 12.1. The lowest BCUT2D eigenvalue weighted by molar-refractivity contribution is -0.384. The Morgan fingerprint density at radius 3 is 2.89 bits per heavy atom. The van der Waals surface area contributed by atoms with Crippen LogP contribution in [0.4, 0.5) is 10.8 Å². The van der Waals surface area contributed by atoms with E-state index in [1.54, 1.807) is 12.1 Å². The molecule has 1 aromatic carbocycles. The van der Waals surface area contributed by atoms with Crippen LogP contribution < -0.4 is 5.32 Å². The molecule has 0 amide bonds. The van der Waals surface area contributed by atoms with Crippen LogP contribution in [0.1, 0.15) is 30.5 Å². The fourth-order valence-electron chi connectivity index (χ4n) is 1.63. The number of non-ortho nitro benzene ring substituents is 1. The molecule has 0 bridgehead atoms. The van der Waals surface area contributed by atoms with Crippen LogP contribution in [0.5, 0.6) is 0 Å². The van der Waals surface area contributed by atoms with Gasteiger partial charge in [-0.25, -0.2) is 0 Å². The third kappa shape index (κ3) is 3.25. The predicted octanol–water partition coefficient (Wildman–Crippen LogP) is 3.18. The molecular weight excluding hydrogens is 264 g/mol. The Morgan fingerprint density at radius 2 is 2.26 bits per heavy atom. The number of hydrogen-bond donors (Lipinski definition) is 1. The summed E-state index contributed by atoms with van der Waals surface area (Å²) >= 11 is 1.50. The van der Waals surface area contributed by atoms with E-state index in [4.69, 9.17) is 0 Å². The molecule has 0 radical (unpaired) electrons. The Kier molecular flexibility index (Phi) is 4.06. The molecule has 1 atom stereocenters. The fraction of sp³-hybridized carbons (Fsp3) is 0.333.